The van der Waals surface area contributed by atoms with Gasteiger partial charge in [-0.05, 0) is 37.3 Å². The number of hydrogen-bond acceptors (Lipinski definition) is 5. The highest BCUT2D eigenvalue weighted by molar-refractivity contribution is 6.06. The molecule has 7 nitrogen and oxygen atoms in total. The second-order valence-corrected chi connectivity index (χ2v) is 7.60. The third-order valence-corrected chi connectivity index (χ3v) is 5.97. The van der Waals surface area contributed by atoms with Gasteiger partial charge in [-0.3, -0.25) is 14.6 Å². The molecular formula is C23H26N4O3. The average Bonchev–Trinajstić information content (AvgIpc) is 3.18. The Morgan fingerprint density at radius 3 is 2.83 bits per heavy atom. The summed E-state index contributed by atoms with van der Waals surface area (Å²) in [5.41, 5.74) is 2.40. The summed E-state index contributed by atoms with van der Waals surface area (Å²) in [5.74, 6) is 0.137. The van der Waals surface area contributed by atoms with Crippen molar-refractivity contribution in [3.05, 3.63) is 64.0 Å². The number of nitrogens with one attached hydrogen (secondary N) is 1. The Morgan fingerprint density at radius 2 is 2.10 bits per heavy atom. The topological polar surface area (TPSA) is 86.1 Å². The molecule has 0 aromatic carbocycles. The Balaban J connectivity index is 1.80. The first-order chi connectivity index (χ1) is 14.6. The molecular weight excluding hydrogens is 380 g/mol. The van der Waals surface area contributed by atoms with Gasteiger partial charge in [0.05, 0.1) is 24.1 Å². The molecule has 0 bridgehead atoms. The second kappa shape index (κ2) is 8.26. The molecule has 0 saturated carbocycles. The molecule has 0 aliphatic heterocycles. The number of carbonyl (C=O) groups excluding carboxylic acids is 1. The molecule has 1 aliphatic rings. The van der Waals surface area contributed by atoms with Gasteiger partial charge >= 0.3 is 0 Å². The van der Waals surface area contributed by atoms with Gasteiger partial charge in [0, 0.05) is 41.8 Å². The highest BCUT2D eigenvalue weighted by Crippen LogP contribution is 2.30. The summed E-state index contributed by atoms with van der Waals surface area (Å²) >= 11 is 0. The number of carbonyl (C=O) groups is 1. The molecule has 3 aromatic heterocycles. The Kier molecular flexibility index (Phi) is 5.53. The van der Waals surface area contributed by atoms with Gasteiger partial charge in [-0.1, -0.05) is 19.9 Å². The van der Waals surface area contributed by atoms with E-state index in [9.17, 15) is 9.59 Å². The van der Waals surface area contributed by atoms with Crippen molar-refractivity contribution in [3.63, 3.8) is 0 Å². The fourth-order valence-electron chi connectivity index (χ4n) is 4.28. The van der Waals surface area contributed by atoms with E-state index in [1.165, 1.54) is 7.11 Å². The number of pyridine rings is 3. The van der Waals surface area contributed by atoms with Crippen molar-refractivity contribution < 1.29 is 9.53 Å². The normalized spacial score (nSPS) is 15.4. The van der Waals surface area contributed by atoms with E-state index in [1.54, 1.807) is 29.2 Å². The molecule has 0 spiro atoms. The number of amides is 1. The first-order valence-electron chi connectivity index (χ1n) is 10.4. The van der Waals surface area contributed by atoms with E-state index in [4.69, 9.17) is 4.74 Å². The predicted molar refractivity (Wildman–Crippen MR) is 115 cm³/mol. The molecule has 7 heteroatoms. The van der Waals surface area contributed by atoms with Crippen molar-refractivity contribution in [1.29, 1.82) is 0 Å². The lowest BCUT2D eigenvalue weighted by molar-refractivity contribution is 0.0937. The van der Waals surface area contributed by atoms with E-state index < -0.39 is 0 Å². The van der Waals surface area contributed by atoms with E-state index in [0.717, 1.165) is 36.9 Å². The van der Waals surface area contributed by atoms with Crippen molar-refractivity contribution in [2.45, 2.75) is 51.6 Å². The summed E-state index contributed by atoms with van der Waals surface area (Å²) in [6.07, 6.45) is 8.26. The summed E-state index contributed by atoms with van der Waals surface area (Å²) in [4.78, 5) is 35.2. The van der Waals surface area contributed by atoms with Gasteiger partial charge in [0.25, 0.3) is 11.5 Å². The van der Waals surface area contributed by atoms with Crippen molar-refractivity contribution >= 4 is 16.7 Å². The number of aromatic nitrogens is 3. The van der Waals surface area contributed by atoms with Gasteiger partial charge < -0.3 is 14.6 Å². The zero-order valence-electron chi connectivity index (χ0n) is 17.5. The van der Waals surface area contributed by atoms with Crippen molar-refractivity contribution in [2.75, 3.05) is 7.11 Å². The Morgan fingerprint density at radius 1 is 1.30 bits per heavy atom. The van der Waals surface area contributed by atoms with Crippen LogP contribution in [0.4, 0.5) is 0 Å². The van der Waals surface area contributed by atoms with E-state index in [-0.39, 0.29) is 23.6 Å². The van der Waals surface area contributed by atoms with Crippen LogP contribution in [0, 0.1) is 0 Å². The van der Waals surface area contributed by atoms with Crippen LogP contribution in [0.3, 0.4) is 0 Å². The number of ether oxygens (including phenoxy) is 1. The molecule has 156 valence electrons. The Bertz CT molecular complexity index is 1150. The third kappa shape index (κ3) is 3.44. The molecule has 0 radical (unpaired) electrons. The number of aryl methyl sites for hydroxylation is 1. The van der Waals surface area contributed by atoms with Crippen LogP contribution in [-0.4, -0.2) is 27.6 Å². The van der Waals surface area contributed by atoms with Crippen LogP contribution in [0.15, 0.2) is 41.6 Å². The largest absolute Gasteiger partial charge is 0.481 e. The van der Waals surface area contributed by atoms with Crippen molar-refractivity contribution in [3.8, 4) is 5.88 Å². The Labute approximate surface area is 175 Å². The predicted octanol–water partition coefficient (Wildman–Crippen LogP) is 3.58. The minimum Gasteiger partial charge on any atom is -0.481 e. The molecule has 1 amide bonds. The zero-order valence-corrected chi connectivity index (χ0v) is 17.5. The highest BCUT2D eigenvalue weighted by Gasteiger charge is 2.26. The van der Waals surface area contributed by atoms with Gasteiger partial charge in [-0.15, -0.1) is 0 Å². The van der Waals surface area contributed by atoms with Gasteiger partial charge in [-0.25, -0.2) is 4.98 Å². The van der Waals surface area contributed by atoms with Crippen LogP contribution < -0.4 is 15.6 Å². The minimum absolute atomic E-state index is 0.0176. The van der Waals surface area contributed by atoms with E-state index in [2.05, 4.69) is 15.3 Å². The molecule has 1 N–H and O–H groups in total. The number of methoxy groups -OCH3 is 1. The van der Waals surface area contributed by atoms with E-state index in [0.29, 0.717) is 22.2 Å². The molecule has 1 atom stereocenters. The lowest BCUT2D eigenvalue weighted by atomic mass is 10.1. The third-order valence-electron chi connectivity index (χ3n) is 5.97. The number of fused-ring (bicyclic) bond motifs is 2. The van der Waals surface area contributed by atoms with Gasteiger partial charge in [0.2, 0.25) is 5.88 Å². The maximum atomic E-state index is 13.3. The van der Waals surface area contributed by atoms with Crippen LogP contribution >= 0.6 is 0 Å². The maximum absolute atomic E-state index is 13.3. The lowest BCUT2D eigenvalue weighted by Gasteiger charge is -2.20. The van der Waals surface area contributed by atoms with Crippen LogP contribution in [0.25, 0.3) is 10.8 Å². The van der Waals surface area contributed by atoms with Gasteiger partial charge in [-0.2, -0.15) is 0 Å². The summed E-state index contributed by atoms with van der Waals surface area (Å²) in [5, 5.41) is 4.11. The van der Waals surface area contributed by atoms with E-state index in [1.807, 2.05) is 26.0 Å². The first-order valence-corrected chi connectivity index (χ1v) is 10.4. The molecule has 0 fully saturated rings. The molecule has 1 unspecified atom stereocenters. The standard InChI is InChI=1S/C23H26N4O3/c1-4-14(5-2)27-13-18(17-12-25-21(30-3)11-16(17)23(27)29)22(28)26-20-9-8-19-15(20)7-6-10-24-19/h6-7,10-14,20H,4-5,8-9H2,1-3H3,(H,26,28). The Hall–Kier alpha value is -3.22. The number of hydrogen-bond donors (Lipinski definition) is 1. The lowest BCUT2D eigenvalue weighted by Crippen LogP contribution is -2.31. The van der Waals surface area contributed by atoms with Crippen LogP contribution in [0.1, 0.15) is 66.8 Å². The summed E-state index contributed by atoms with van der Waals surface area (Å²) in [6, 6.07) is 5.44. The smallest absolute Gasteiger partial charge is 0.258 e. The molecule has 30 heavy (non-hydrogen) atoms. The van der Waals surface area contributed by atoms with Crippen LogP contribution in [0.5, 0.6) is 5.88 Å². The SMILES string of the molecule is CCC(CC)n1cc(C(=O)NC2CCc3ncccc32)c2cnc(OC)cc2c1=O. The second-order valence-electron chi connectivity index (χ2n) is 7.60. The summed E-state index contributed by atoms with van der Waals surface area (Å²) in [7, 11) is 1.51. The fraction of sp³-hybridized carbons (Fsp3) is 0.391. The van der Waals surface area contributed by atoms with E-state index >= 15 is 0 Å². The zero-order chi connectivity index (χ0) is 21.3. The maximum Gasteiger partial charge on any atom is 0.258 e. The first kappa shape index (κ1) is 20.1. The van der Waals surface area contributed by atoms with Crippen LogP contribution in [0.2, 0.25) is 0 Å². The number of rotatable bonds is 6. The highest BCUT2D eigenvalue weighted by atomic mass is 16.5. The molecule has 4 rings (SSSR count). The molecule has 0 saturated heterocycles. The molecule has 3 heterocycles. The molecule has 1 aliphatic carbocycles. The van der Waals surface area contributed by atoms with Crippen molar-refractivity contribution in [2.24, 2.45) is 0 Å². The summed E-state index contributed by atoms with van der Waals surface area (Å²) in [6.45, 7) is 4.08. The van der Waals surface area contributed by atoms with Gasteiger partial charge in [0.15, 0.2) is 0 Å². The molecule has 3 aromatic rings. The minimum atomic E-state index is -0.214. The monoisotopic (exact) mass is 406 g/mol. The average molecular weight is 406 g/mol. The van der Waals surface area contributed by atoms with Crippen molar-refractivity contribution in [1.82, 2.24) is 19.9 Å². The fourth-order valence-corrected chi connectivity index (χ4v) is 4.28. The number of nitrogens with zero attached hydrogens (tertiary/aromatic N) is 3. The summed E-state index contributed by atoms with van der Waals surface area (Å²) < 4.78 is 6.89. The quantitative estimate of drug-likeness (QED) is 0.676. The van der Waals surface area contributed by atoms with Crippen LogP contribution in [-0.2, 0) is 6.42 Å². The van der Waals surface area contributed by atoms with Gasteiger partial charge in [0.1, 0.15) is 0 Å².